The topological polar surface area (TPSA) is 109 Å². The van der Waals surface area contributed by atoms with Crippen LogP contribution >= 0.6 is 23.9 Å². The quantitative estimate of drug-likeness (QED) is 0.159. The Kier molecular flexibility index (Phi) is 9.86. The van der Waals surface area contributed by atoms with Crippen molar-refractivity contribution in [2.24, 2.45) is 7.05 Å². The van der Waals surface area contributed by atoms with Crippen molar-refractivity contribution >= 4 is 69.0 Å². The molecule has 246 valence electrons. The van der Waals surface area contributed by atoms with Gasteiger partial charge in [-0.05, 0) is 61.3 Å². The third-order valence-corrected chi connectivity index (χ3v) is 10.3. The van der Waals surface area contributed by atoms with Crippen LogP contribution in [0.15, 0.2) is 59.7 Å². The Morgan fingerprint density at radius 1 is 1.06 bits per heavy atom. The summed E-state index contributed by atoms with van der Waals surface area (Å²) in [5, 5.41) is 12.5. The zero-order valence-corrected chi connectivity index (χ0v) is 29.8. The van der Waals surface area contributed by atoms with Crippen molar-refractivity contribution in [3.05, 3.63) is 59.7 Å². The monoisotopic (exact) mass is 720 g/mol. The molecule has 0 saturated carbocycles. The molecule has 3 aromatic heterocycles. The molecule has 0 aliphatic carbocycles. The van der Waals surface area contributed by atoms with Crippen molar-refractivity contribution in [3.8, 4) is 16.9 Å². The highest BCUT2D eigenvalue weighted by molar-refractivity contribution is 9.10. The van der Waals surface area contributed by atoms with E-state index >= 15 is 0 Å². The van der Waals surface area contributed by atoms with Gasteiger partial charge in [-0.3, -0.25) is 19.5 Å². The summed E-state index contributed by atoms with van der Waals surface area (Å²) >= 11 is 3.63. The van der Waals surface area contributed by atoms with Gasteiger partial charge in [0.25, 0.3) is 0 Å². The van der Waals surface area contributed by atoms with Crippen molar-refractivity contribution in [2.45, 2.75) is 25.9 Å². The number of halogens is 2. The number of aryl methyl sites for hydroxylation is 1. The second-order valence-electron chi connectivity index (χ2n) is 12.0. The summed E-state index contributed by atoms with van der Waals surface area (Å²) in [6.45, 7) is 10.3. The number of ether oxygens (including phenoxy) is 1. The number of methoxy groups -OCH3 is 1. The van der Waals surface area contributed by atoms with Gasteiger partial charge in [0.1, 0.15) is 18.2 Å². The first kappa shape index (κ1) is 33.0. The summed E-state index contributed by atoms with van der Waals surface area (Å²) in [6.07, 6.45) is 8.96. The molecule has 1 aliphatic rings. The maximum absolute atomic E-state index is 14.2. The first-order chi connectivity index (χ1) is 22.7. The predicted molar refractivity (Wildman–Crippen MR) is 193 cm³/mol. The number of aromatic nitrogens is 6. The molecule has 1 aliphatic heterocycles. The second kappa shape index (κ2) is 14.0. The number of rotatable bonds is 10. The molecular formula is C33H39BrFN10OP. The van der Waals surface area contributed by atoms with E-state index in [-0.39, 0.29) is 12.1 Å². The molecule has 11 nitrogen and oxygen atoms in total. The Bertz CT molecular complexity index is 1890. The van der Waals surface area contributed by atoms with E-state index in [1.165, 1.54) is 0 Å². The van der Waals surface area contributed by atoms with Crippen molar-refractivity contribution in [1.29, 1.82) is 0 Å². The lowest BCUT2D eigenvalue weighted by Gasteiger charge is -2.44. The molecule has 5 aromatic rings. The predicted octanol–water partition coefficient (Wildman–Crippen LogP) is 6.31. The van der Waals surface area contributed by atoms with Gasteiger partial charge >= 0.3 is 0 Å². The Labute approximate surface area is 283 Å². The molecule has 1 atom stereocenters. The maximum atomic E-state index is 14.2. The number of anilines is 5. The normalized spacial score (nSPS) is 15.5. The molecule has 2 N–H and O–H groups in total. The largest absolute Gasteiger partial charge is 0.494 e. The average Bonchev–Trinajstić information content (AvgIpc) is 3.51. The van der Waals surface area contributed by atoms with Crippen LogP contribution in [0.1, 0.15) is 13.8 Å². The van der Waals surface area contributed by atoms with Gasteiger partial charge in [-0.15, -0.1) is 0 Å². The van der Waals surface area contributed by atoms with Crippen LogP contribution < -0.4 is 25.6 Å². The molecule has 0 amide bonds. The average molecular weight is 722 g/mol. The van der Waals surface area contributed by atoms with Crippen molar-refractivity contribution < 1.29 is 9.13 Å². The lowest BCUT2D eigenvalue weighted by Crippen LogP contribution is -2.56. The van der Waals surface area contributed by atoms with Gasteiger partial charge < -0.3 is 20.3 Å². The molecule has 0 bridgehead atoms. The molecule has 6 rings (SSSR count). The van der Waals surface area contributed by atoms with Gasteiger partial charge in [0.05, 0.1) is 40.5 Å². The third-order valence-electron chi connectivity index (χ3n) is 8.35. The van der Waals surface area contributed by atoms with E-state index in [0.717, 1.165) is 51.9 Å². The number of fused-ring (bicyclic) bond motifs is 1. The van der Waals surface area contributed by atoms with E-state index in [2.05, 4.69) is 83.6 Å². The molecule has 0 radical (unpaired) electrons. The highest BCUT2D eigenvalue weighted by atomic mass is 79.9. The van der Waals surface area contributed by atoms with E-state index in [0.29, 0.717) is 34.2 Å². The minimum Gasteiger partial charge on any atom is -0.494 e. The van der Waals surface area contributed by atoms with Crippen LogP contribution in [0.2, 0.25) is 0 Å². The summed E-state index contributed by atoms with van der Waals surface area (Å²) in [6, 6.07) is 8.11. The highest BCUT2D eigenvalue weighted by Gasteiger charge is 2.31. The number of piperazine rings is 1. The van der Waals surface area contributed by atoms with Gasteiger partial charge in [0.15, 0.2) is 0 Å². The van der Waals surface area contributed by atoms with Gasteiger partial charge in [-0.25, -0.2) is 9.37 Å². The molecule has 1 saturated heterocycles. The van der Waals surface area contributed by atoms with Crippen LogP contribution in [0.25, 0.3) is 22.2 Å². The van der Waals surface area contributed by atoms with E-state index < -0.39 is 14.6 Å². The smallest absolute Gasteiger partial charge is 0.229 e. The van der Waals surface area contributed by atoms with E-state index in [4.69, 9.17) is 9.72 Å². The Balaban J connectivity index is 1.36. The van der Waals surface area contributed by atoms with Crippen LogP contribution in [-0.2, 0) is 7.05 Å². The number of benzene rings is 2. The fraction of sp³-hybridized carbons (Fsp3) is 0.364. The highest BCUT2D eigenvalue weighted by Crippen LogP contribution is 2.41. The Morgan fingerprint density at radius 2 is 1.87 bits per heavy atom. The first-order valence-corrected chi connectivity index (χ1v) is 18.4. The number of nitrogens with zero attached hydrogens (tertiary/aromatic N) is 8. The van der Waals surface area contributed by atoms with Crippen molar-refractivity contribution in [3.63, 3.8) is 0 Å². The fourth-order valence-corrected chi connectivity index (χ4v) is 7.63. The van der Waals surface area contributed by atoms with E-state index in [9.17, 15) is 4.39 Å². The summed E-state index contributed by atoms with van der Waals surface area (Å²) in [7, 11) is 3.03. The molecular weight excluding hydrogens is 682 g/mol. The summed E-state index contributed by atoms with van der Waals surface area (Å²) in [5.41, 5.74) is 6.21. The second-order valence-corrected chi connectivity index (χ2v) is 15.1. The van der Waals surface area contributed by atoms with Crippen molar-refractivity contribution in [2.75, 3.05) is 62.3 Å². The maximum Gasteiger partial charge on any atom is 0.229 e. The van der Waals surface area contributed by atoms with Crippen LogP contribution in [0, 0.1) is 0 Å². The van der Waals surface area contributed by atoms with Gasteiger partial charge in [0, 0.05) is 91.4 Å². The summed E-state index contributed by atoms with van der Waals surface area (Å²) < 4.78 is 22.6. The van der Waals surface area contributed by atoms with Crippen LogP contribution in [0.3, 0.4) is 0 Å². The summed E-state index contributed by atoms with van der Waals surface area (Å²) in [5.74, 6) is 1.61. The lowest BCUT2D eigenvalue weighted by atomic mass is 10.0. The van der Waals surface area contributed by atoms with Crippen LogP contribution in [0.5, 0.6) is 5.75 Å². The van der Waals surface area contributed by atoms with Gasteiger partial charge in [-0.2, -0.15) is 10.1 Å². The first-order valence-electron chi connectivity index (χ1n) is 15.4. The SMILES string of the molecule is COc1cc(N2CCN(C(C)C)C(CF)C2)c(-c2cnn(C)c2)cc1Nc1ncc(Br)c(Nc2ccc3nccnc3c2P(C)C)n1. The fourth-order valence-electron chi connectivity index (χ4n) is 6.13. The summed E-state index contributed by atoms with van der Waals surface area (Å²) in [4.78, 5) is 23.0. The molecule has 0 spiro atoms. The molecule has 1 unspecified atom stereocenters. The van der Waals surface area contributed by atoms with Gasteiger partial charge in [-0.1, -0.05) is 7.92 Å². The van der Waals surface area contributed by atoms with Crippen molar-refractivity contribution in [1.82, 2.24) is 34.6 Å². The molecule has 47 heavy (non-hydrogen) atoms. The molecule has 4 heterocycles. The Morgan fingerprint density at radius 3 is 2.57 bits per heavy atom. The number of hydrogen-bond acceptors (Lipinski definition) is 10. The minimum atomic E-state index is -0.509. The number of alkyl halides is 1. The van der Waals surface area contributed by atoms with Gasteiger partial charge in [0.2, 0.25) is 5.95 Å². The number of hydrogen-bond donors (Lipinski definition) is 2. The Hall–Kier alpha value is -3.93. The standard InChI is InChI=1S/C33H39BrFN10OP/c1-20(2)45-12-11-44(19-22(45)15-35)28-14-29(46-4)27(13-23(28)21-16-39-43(3)18-21)41-33-38-17-24(34)32(42-33)40-26-8-7-25-30(31(26)47(5)6)37-10-9-36-25/h7-10,13-14,16-18,20,22H,11-12,15,19H2,1-6H3,(H2,38,40,41,42). The molecule has 14 heteroatoms. The lowest BCUT2D eigenvalue weighted by molar-refractivity contribution is 0.115. The zero-order chi connectivity index (χ0) is 33.2. The minimum absolute atomic E-state index is 0.191. The molecule has 2 aromatic carbocycles. The molecule has 1 fully saturated rings. The van der Waals surface area contributed by atoms with E-state index in [1.807, 2.05) is 43.7 Å². The van der Waals surface area contributed by atoms with E-state index in [1.54, 1.807) is 30.4 Å². The van der Waals surface area contributed by atoms with Crippen LogP contribution in [-0.4, -0.2) is 93.4 Å². The zero-order valence-electron chi connectivity index (χ0n) is 27.4. The third kappa shape index (κ3) is 6.88. The number of nitrogens with one attached hydrogen (secondary N) is 2. The van der Waals surface area contributed by atoms with Crippen LogP contribution in [0.4, 0.5) is 33.2 Å².